The number of aliphatic hydroxyl groups excluding tert-OH is 1. The summed E-state index contributed by atoms with van der Waals surface area (Å²) in [6.07, 6.45) is 0.630. The average molecular weight is 136 g/mol. The summed E-state index contributed by atoms with van der Waals surface area (Å²) in [7, 11) is 0. The fraction of sp³-hybridized carbons (Fsp3) is 0.250. The highest BCUT2D eigenvalue weighted by molar-refractivity contribution is 5.40. The molecule has 0 atom stereocenters. The molecule has 1 radical (unpaired) electrons. The topological polar surface area (TPSA) is 46.2 Å². The Hall–Kier alpha value is -1.02. The van der Waals surface area contributed by atoms with Gasteiger partial charge in [0.05, 0.1) is 0 Å². The second-order valence-corrected chi connectivity index (χ2v) is 2.12. The van der Waals surface area contributed by atoms with Crippen LogP contribution in [-0.4, -0.2) is 11.7 Å². The van der Waals surface area contributed by atoms with Crippen LogP contribution in [0.2, 0.25) is 0 Å². The molecule has 0 heterocycles. The highest BCUT2D eigenvalue weighted by Gasteiger charge is 1.90. The molecule has 0 saturated heterocycles. The molecule has 1 aromatic carbocycles. The molecule has 0 aliphatic heterocycles. The number of nitrogen functional groups attached to an aromatic ring is 1. The van der Waals surface area contributed by atoms with Crippen molar-refractivity contribution in [2.24, 2.45) is 0 Å². The predicted molar refractivity (Wildman–Crippen MR) is 40.5 cm³/mol. The Bertz CT molecular complexity index is 210. The van der Waals surface area contributed by atoms with E-state index in [0.717, 1.165) is 11.3 Å². The van der Waals surface area contributed by atoms with Crippen molar-refractivity contribution in [3.8, 4) is 0 Å². The zero-order chi connectivity index (χ0) is 7.40. The number of benzene rings is 1. The monoisotopic (exact) mass is 136 g/mol. The van der Waals surface area contributed by atoms with Crippen LogP contribution in [0.5, 0.6) is 0 Å². The van der Waals surface area contributed by atoms with E-state index in [2.05, 4.69) is 6.07 Å². The Morgan fingerprint density at radius 2 is 2.40 bits per heavy atom. The largest absolute Gasteiger partial charge is 0.399 e. The number of hydrogen-bond donors (Lipinski definition) is 2. The third kappa shape index (κ3) is 1.74. The van der Waals surface area contributed by atoms with Gasteiger partial charge in [0.25, 0.3) is 0 Å². The van der Waals surface area contributed by atoms with E-state index in [1.54, 1.807) is 12.1 Å². The number of aliphatic hydroxyl groups is 1. The lowest BCUT2D eigenvalue weighted by atomic mass is 10.1. The van der Waals surface area contributed by atoms with Crippen LogP contribution < -0.4 is 5.73 Å². The summed E-state index contributed by atoms with van der Waals surface area (Å²) in [6, 6.07) is 8.33. The maximum Gasteiger partial charge on any atom is 0.0471 e. The summed E-state index contributed by atoms with van der Waals surface area (Å²) in [5.74, 6) is 0. The first-order valence-electron chi connectivity index (χ1n) is 3.20. The van der Waals surface area contributed by atoms with Crippen LogP contribution in [0.15, 0.2) is 18.2 Å². The van der Waals surface area contributed by atoms with Crippen molar-refractivity contribution in [2.45, 2.75) is 6.42 Å². The maximum atomic E-state index is 8.55. The number of hydrogen-bond acceptors (Lipinski definition) is 2. The fourth-order valence-electron chi connectivity index (χ4n) is 0.801. The lowest BCUT2D eigenvalue weighted by Gasteiger charge is -1.97. The van der Waals surface area contributed by atoms with Gasteiger partial charge in [-0.1, -0.05) is 6.07 Å². The summed E-state index contributed by atoms with van der Waals surface area (Å²) in [5, 5.41) is 8.55. The molecule has 1 aromatic rings. The molecule has 0 aliphatic carbocycles. The van der Waals surface area contributed by atoms with Gasteiger partial charge in [-0.3, -0.25) is 0 Å². The Balaban J connectivity index is 2.75. The van der Waals surface area contributed by atoms with Gasteiger partial charge in [0.15, 0.2) is 0 Å². The molecule has 0 aromatic heterocycles. The predicted octanol–water partition coefficient (Wildman–Crippen LogP) is 0.604. The van der Waals surface area contributed by atoms with Crippen molar-refractivity contribution >= 4 is 5.69 Å². The molecule has 1 rings (SSSR count). The van der Waals surface area contributed by atoms with Crippen LogP contribution in [-0.2, 0) is 6.42 Å². The lowest BCUT2D eigenvalue weighted by molar-refractivity contribution is 0.299. The molecule has 0 saturated carbocycles. The number of rotatable bonds is 2. The van der Waals surface area contributed by atoms with Gasteiger partial charge in [-0.25, -0.2) is 0 Å². The van der Waals surface area contributed by atoms with E-state index < -0.39 is 0 Å². The molecule has 10 heavy (non-hydrogen) atoms. The zero-order valence-corrected chi connectivity index (χ0v) is 5.67. The number of anilines is 1. The minimum Gasteiger partial charge on any atom is -0.399 e. The van der Waals surface area contributed by atoms with Crippen molar-refractivity contribution in [1.29, 1.82) is 0 Å². The van der Waals surface area contributed by atoms with Gasteiger partial charge in [-0.05, 0) is 30.2 Å². The Morgan fingerprint density at radius 1 is 1.60 bits per heavy atom. The van der Waals surface area contributed by atoms with E-state index >= 15 is 0 Å². The van der Waals surface area contributed by atoms with Crippen molar-refractivity contribution < 1.29 is 5.11 Å². The summed E-state index contributed by atoms with van der Waals surface area (Å²) in [4.78, 5) is 0. The summed E-state index contributed by atoms with van der Waals surface area (Å²) >= 11 is 0. The molecule has 2 nitrogen and oxygen atoms in total. The van der Waals surface area contributed by atoms with E-state index in [1.165, 1.54) is 0 Å². The van der Waals surface area contributed by atoms with E-state index in [1.807, 2.05) is 6.07 Å². The van der Waals surface area contributed by atoms with Crippen molar-refractivity contribution in [1.82, 2.24) is 0 Å². The van der Waals surface area contributed by atoms with Crippen molar-refractivity contribution in [3.63, 3.8) is 0 Å². The maximum absolute atomic E-state index is 8.55. The minimum atomic E-state index is 0.153. The van der Waals surface area contributed by atoms with Crippen LogP contribution in [0.3, 0.4) is 0 Å². The van der Waals surface area contributed by atoms with E-state index in [0.29, 0.717) is 6.42 Å². The molecule has 0 unspecified atom stereocenters. The molecule has 2 heteroatoms. The Kier molecular flexibility index (Phi) is 2.29. The van der Waals surface area contributed by atoms with Crippen molar-refractivity contribution in [2.75, 3.05) is 12.3 Å². The molecule has 0 bridgehead atoms. The molecule has 0 amide bonds. The zero-order valence-electron chi connectivity index (χ0n) is 5.67. The average Bonchev–Trinajstić information content (AvgIpc) is 1.88. The summed E-state index contributed by atoms with van der Waals surface area (Å²) in [5.41, 5.74) is 7.17. The molecule has 53 valence electrons. The SMILES string of the molecule is Nc1cc[c]c(CCO)c1. The van der Waals surface area contributed by atoms with Gasteiger partial charge < -0.3 is 10.8 Å². The highest BCUT2D eigenvalue weighted by Crippen LogP contribution is 2.05. The molecule has 0 aliphatic rings. The highest BCUT2D eigenvalue weighted by atomic mass is 16.2. The molecule has 0 spiro atoms. The first-order valence-corrected chi connectivity index (χ1v) is 3.20. The first kappa shape index (κ1) is 7.09. The van der Waals surface area contributed by atoms with Gasteiger partial charge in [0.2, 0.25) is 0 Å². The lowest BCUT2D eigenvalue weighted by Crippen LogP contribution is -1.92. The normalized spacial score (nSPS) is 9.70. The molecule has 3 N–H and O–H groups in total. The fourth-order valence-corrected chi connectivity index (χ4v) is 0.801. The summed E-state index contributed by atoms with van der Waals surface area (Å²) in [6.45, 7) is 0.153. The van der Waals surface area contributed by atoms with Crippen LogP contribution >= 0.6 is 0 Å². The third-order valence-electron chi connectivity index (χ3n) is 1.27. The quantitative estimate of drug-likeness (QED) is 0.585. The van der Waals surface area contributed by atoms with Gasteiger partial charge in [-0.15, -0.1) is 0 Å². The smallest absolute Gasteiger partial charge is 0.0471 e. The second kappa shape index (κ2) is 3.22. The molecular weight excluding hydrogens is 126 g/mol. The Labute approximate surface area is 60.3 Å². The standard InChI is InChI=1S/C8H10NO/c9-8-3-1-2-7(6-8)4-5-10/h1,3,6,10H,4-5,9H2. The third-order valence-corrected chi connectivity index (χ3v) is 1.27. The molecular formula is C8H10NO. The van der Waals surface area contributed by atoms with Crippen molar-refractivity contribution in [3.05, 3.63) is 29.8 Å². The van der Waals surface area contributed by atoms with E-state index in [9.17, 15) is 0 Å². The van der Waals surface area contributed by atoms with E-state index in [4.69, 9.17) is 10.8 Å². The van der Waals surface area contributed by atoms with E-state index in [-0.39, 0.29) is 6.61 Å². The van der Waals surface area contributed by atoms with Crippen LogP contribution in [0, 0.1) is 6.07 Å². The van der Waals surface area contributed by atoms with Crippen LogP contribution in [0.1, 0.15) is 5.56 Å². The number of nitrogens with two attached hydrogens (primary N) is 1. The van der Waals surface area contributed by atoms with Crippen LogP contribution in [0.4, 0.5) is 5.69 Å². The minimum absolute atomic E-state index is 0.153. The van der Waals surface area contributed by atoms with Gasteiger partial charge in [0.1, 0.15) is 0 Å². The van der Waals surface area contributed by atoms with Gasteiger partial charge >= 0.3 is 0 Å². The second-order valence-electron chi connectivity index (χ2n) is 2.12. The molecule has 0 fully saturated rings. The van der Waals surface area contributed by atoms with Gasteiger partial charge in [-0.2, -0.15) is 0 Å². The van der Waals surface area contributed by atoms with Gasteiger partial charge in [0, 0.05) is 12.3 Å². The Morgan fingerprint density at radius 3 is 3.00 bits per heavy atom. The first-order chi connectivity index (χ1) is 4.83. The van der Waals surface area contributed by atoms with Crippen LogP contribution in [0.25, 0.3) is 0 Å². The summed E-state index contributed by atoms with van der Waals surface area (Å²) < 4.78 is 0.